The first-order valence-corrected chi connectivity index (χ1v) is 8.47. The van der Waals surface area contributed by atoms with Crippen molar-refractivity contribution in [3.8, 4) is 0 Å². The van der Waals surface area contributed by atoms with Gasteiger partial charge in [0.05, 0.1) is 10.6 Å². The fourth-order valence-electron chi connectivity index (χ4n) is 3.13. The summed E-state index contributed by atoms with van der Waals surface area (Å²) < 4.78 is 54.3. The number of aromatic nitrogens is 1. The van der Waals surface area contributed by atoms with Gasteiger partial charge in [0.2, 0.25) is 5.67 Å². The van der Waals surface area contributed by atoms with Crippen molar-refractivity contribution >= 4 is 17.5 Å². The number of aryl methyl sites for hydroxylation is 1. The van der Waals surface area contributed by atoms with Crippen LogP contribution in [0.1, 0.15) is 28.8 Å². The average Bonchev–Trinajstić information content (AvgIpc) is 2.63. The number of benzene rings is 1. The van der Waals surface area contributed by atoms with E-state index in [-0.39, 0.29) is 17.5 Å². The second kappa shape index (κ2) is 7.09. The maximum absolute atomic E-state index is 15.5. The molecule has 3 rings (SSSR count). The summed E-state index contributed by atoms with van der Waals surface area (Å²) in [5.41, 5.74) is -3.48. The molecule has 144 valence electrons. The largest absolute Gasteiger partial charge is 0.417 e. The lowest BCUT2D eigenvalue weighted by molar-refractivity contribution is -0.144. The molecule has 1 aromatic heterocycles. The Bertz CT molecular complexity index is 875. The molecule has 0 saturated heterocycles. The maximum Gasteiger partial charge on any atom is 0.417 e. The predicted molar refractivity (Wildman–Crippen MR) is 89.7 cm³/mol. The summed E-state index contributed by atoms with van der Waals surface area (Å²) in [6.07, 6.45) is -4.47. The van der Waals surface area contributed by atoms with Crippen molar-refractivity contribution in [2.24, 2.45) is 0 Å². The number of hydrogen-bond acceptors (Lipinski definition) is 3. The highest BCUT2D eigenvalue weighted by atomic mass is 35.5. The molecule has 1 amide bonds. The number of nitrogens with zero attached hydrogens (tertiary/aromatic N) is 1. The van der Waals surface area contributed by atoms with Crippen molar-refractivity contribution in [1.29, 1.82) is 0 Å². The molecule has 1 aliphatic rings. The lowest BCUT2D eigenvalue weighted by atomic mass is 9.80. The van der Waals surface area contributed by atoms with E-state index in [0.717, 1.165) is 12.1 Å². The topological polar surface area (TPSA) is 62.2 Å². The zero-order valence-electron chi connectivity index (χ0n) is 13.9. The van der Waals surface area contributed by atoms with Gasteiger partial charge in [-0.25, -0.2) is 4.39 Å². The molecule has 0 saturated carbocycles. The van der Waals surface area contributed by atoms with Gasteiger partial charge in [-0.05, 0) is 30.5 Å². The van der Waals surface area contributed by atoms with Crippen molar-refractivity contribution in [2.75, 3.05) is 0 Å². The van der Waals surface area contributed by atoms with Crippen LogP contribution < -0.4 is 5.32 Å². The zero-order chi connectivity index (χ0) is 19.8. The van der Waals surface area contributed by atoms with E-state index in [1.807, 2.05) is 0 Å². The molecule has 1 aromatic carbocycles. The summed E-state index contributed by atoms with van der Waals surface area (Å²) in [7, 11) is 0. The monoisotopic (exact) mass is 402 g/mol. The van der Waals surface area contributed by atoms with Crippen LogP contribution in [0.2, 0.25) is 5.02 Å². The number of halogens is 5. The Morgan fingerprint density at radius 2 is 2.07 bits per heavy atom. The minimum absolute atomic E-state index is 0.00174. The molecule has 2 atom stereocenters. The van der Waals surface area contributed by atoms with E-state index >= 15 is 4.39 Å². The zero-order valence-corrected chi connectivity index (χ0v) is 14.6. The number of alkyl halides is 4. The molecule has 0 bridgehead atoms. The van der Waals surface area contributed by atoms with Gasteiger partial charge in [-0.3, -0.25) is 9.78 Å². The van der Waals surface area contributed by atoms with Gasteiger partial charge >= 0.3 is 6.18 Å². The minimum atomic E-state index is -4.65. The first kappa shape index (κ1) is 19.6. The van der Waals surface area contributed by atoms with Crippen molar-refractivity contribution < 1.29 is 27.5 Å². The Morgan fingerprint density at radius 3 is 2.78 bits per heavy atom. The quantitative estimate of drug-likeness (QED) is 0.772. The second-order valence-electron chi connectivity index (χ2n) is 6.22. The van der Waals surface area contributed by atoms with Crippen LogP contribution in [0.15, 0.2) is 36.5 Å². The number of nitrogens with one attached hydrogen (secondary N) is 1. The number of rotatable bonds is 3. The molecule has 2 unspecified atom stereocenters. The van der Waals surface area contributed by atoms with Crippen LogP contribution >= 0.6 is 11.6 Å². The smallest absolute Gasteiger partial charge is 0.389 e. The molecular weight excluding hydrogens is 388 g/mol. The molecule has 9 heteroatoms. The summed E-state index contributed by atoms with van der Waals surface area (Å²) in [5.74, 6) is -1.16. The Labute approximate surface area is 157 Å². The van der Waals surface area contributed by atoms with Crippen LogP contribution in [0.5, 0.6) is 0 Å². The molecule has 27 heavy (non-hydrogen) atoms. The number of hydrogen-bond donors (Lipinski definition) is 2. The van der Waals surface area contributed by atoms with E-state index in [0.29, 0.717) is 12.1 Å². The molecule has 1 heterocycles. The van der Waals surface area contributed by atoms with E-state index in [4.69, 9.17) is 11.6 Å². The number of carbonyl (C=O) groups excluding carboxylic acids is 1. The van der Waals surface area contributed by atoms with Gasteiger partial charge in [0.25, 0.3) is 5.91 Å². The van der Waals surface area contributed by atoms with Crippen molar-refractivity contribution in [2.45, 2.75) is 37.3 Å². The van der Waals surface area contributed by atoms with Gasteiger partial charge in [-0.2, -0.15) is 13.2 Å². The highest BCUT2D eigenvalue weighted by Gasteiger charge is 2.51. The number of pyridine rings is 1. The Hall–Kier alpha value is -2.19. The standard InChI is InChI=1S/C18H15ClF4N2O2/c19-15-10(3-1-4-12(15)18(21,22)23)9-25-16(27)17(20)11-5-2-8-24-13(11)6-7-14(17)26/h1-5,8,14,26H,6-7,9H2,(H,25,27). The number of carbonyl (C=O) groups is 1. The van der Waals surface area contributed by atoms with Gasteiger partial charge in [0.1, 0.15) is 6.10 Å². The maximum atomic E-state index is 15.5. The van der Waals surface area contributed by atoms with Crippen LogP contribution in [0.4, 0.5) is 17.6 Å². The number of aliphatic hydroxyl groups is 1. The number of amides is 1. The van der Waals surface area contributed by atoms with Gasteiger partial charge in [-0.1, -0.05) is 29.8 Å². The molecular formula is C18H15ClF4N2O2. The van der Waals surface area contributed by atoms with Crippen molar-refractivity contribution in [3.63, 3.8) is 0 Å². The molecule has 2 N–H and O–H groups in total. The fraction of sp³-hybridized carbons (Fsp3) is 0.333. The van der Waals surface area contributed by atoms with Crippen LogP contribution in [0.3, 0.4) is 0 Å². The Kier molecular flexibility index (Phi) is 5.14. The highest BCUT2D eigenvalue weighted by molar-refractivity contribution is 6.32. The van der Waals surface area contributed by atoms with Crippen molar-refractivity contribution in [3.05, 3.63) is 63.9 Å². The molecule has 0 fully saturated rings. The summed E-state index contributed by atoms with van der Waals surface area (Å²) >= 11 is 5.78. The summed E-state index contributed by atoms with van der Waals surface area (Å²) in [5, 5.41) is 11.8. The lowest BCUT2D eigenvalue weighted by Crippen LogP contribution is -2.51. The molecule has 2 aromatic rings. The first-order chi connectivity index (χ1) is 12.7. The van der Waals surface area contributed by atoms with Gasteiger partial charge in [0.15, 0.2) is 0 Å². The third kappa shape index (κ3) is 3.51. The Balaban J connectivity index is 1.85. The predicted octanol–water partition coefficient (Wildman–Crippen LogP) is 3.54. The van der Waals surface area contributed by atoms with E-state index in [1.54, 1.807) is 0 Å². The van der Waals surface area contributed by atoms with Crippen LogP contribution in [0, 0.1) is 0 Å². The van der Waals surface area contributed by atoms with Crippen LogP contribution in [-0.4, -0.2) is 22.1 Å². The summed E-state index contributed by atoms with van der Waals surface area (Å²) in [4.78, 5) is 16.5. The fourth-order valence-corrected chi connectivity index (χ4v) is 3.43. The van der Waals surface area contributed by atoms with E-state index in [2.05, 4.69) is 10.3 Å². The van der Waals surface area contributed by atoms with Crippen LogP contribution in [-0.2, 0) is 29.6 Å². The van der Waals surface area contributed by atoms with Gasteiger partial charge in [0, 0.05) is 24.0 Å². The SMILES string of the molecule is O=C(NCc1cccc(C(F)(F)F)c1Cl)C1(F)c2cccnc2CCC1O. The molecule has 0 aliphatic heterocycles. The van der Waals surface area contributed by atoms with Gasteiger partial charge < -0.3 is 10.4 Å². The van der Waals surface area contributed by atoms with Crippen LogP contribution in [0.25, 0.3) is 0 Å². The molecule has 1 aliphatic carbocycles. The lowest BCUT2D eigenvalue weighted by Gasteiger charge is -2.34. The molecule has 4 nitrogen and oxygen atoms in total. The Morgan fingerprint density at radius 1 is 1.33 bits per heavy atom. The number of aliphatic hydroxyl groups excluding tert-OH is 1. The van der Waals surface area contributed by atoms with Gasteiger partial charge in [-0.15, -0.1) is 0 Å². The summed E-state index contributed by atoms with van der Waals surface area (Å²) in [6.45, 7) is -0.421. The highest BCUT2D eigenvalue weighted by Crippen LogP contribution is 2.39. The normalized spacial score (nSPS) is 22.2. The average molecular weight is 403 g/mol. The van der Waals surface area contributed by atoms with E-state index in [1.165, 1.54) is 24.4 Å². The second-order valence-corrected chi connectivity index (χ2v) is 6.60. The molecule has 0 radical (unpaired) electrons. The first-order valence-electron chi connectivity index (χ1n) is 8.10. The van der Waals surface area contributed by atoms with Crippen molar-refractivity contribution in [1.82, 2.24) is 10.3 Å². The minimum Gasteiger partial charge on any atom is -0.389 e. The molecule has 0 spiro atoms. The third-order valence-electron chi connectivity index (χ3n) is 4.55. The van der Waals surface area contributed by atoms with E-state index < -0.39 is 41.0 Å². The summed E-state index contributed by atoms with van der Waals surface area (Å²) in [6, 6.07) is 6.08. The third-order valence-corrected chi connectivity index (χ3v) is 5.00. The number of fused-ring (bicyclic) bond motifs is 1. The van der Waals surface area contributed by atoms with E-state index in [9.17, 15) is 23.1 Å².